The molecule has 2 atom stereocenters. The number of hydrogen-bond donors (Lipinski definition) is 4. The van der Waals surface area contributed by atoms with E-state index in [2.05, 4.69) is 15.5 Å². The van der Waals surface area contributed by atoms with Gasteiger partial charge < -0.3 is 25.8 Å². The summed E-state index contributed by atoms with van der Waals surface area (Å²) in [6, 6.07) is 8.20. The molecule has 2 amide bonds. The lowest BCUT2D eigenvalue weighted by Gasteiger charge is -2.45. The van der Waals surface area contributed by atoms with Gasteiger partial charge in [-0.3, -0.25) is 19.6 Å². The molecule has 3 aromatic rings. The molecule has 2 aliphatic heterocycles. The number of nitrogens with zero attached hydrogens (tertiary/aromatic N) is 3. The third-order valence-electron chi connectivity index (χ3n) is 7.63. The number of aromatic nitrogens is 2. The van der Waals surface area contributed by atoms with Crippen molar-refractivity contribution in [2.45, 2.75) is 37.4 Å². The van der Waals surface area contributed by atoms with Crippen LogP contribution in [0, 0.1) is 16.6 Å². The Morgan fingerprint density at radius 1 is 1.21 bits per heavy atom. The molecular weight excluding hydrogens is 551 g/mol. The first kappa shape index (κ1) is 29.0. The molecule has 1 aromatic heterocycles. The Kier molecular flexibility index (Phi) is 8.12. The zero-order chi connectivity index (χ0) is 30.0. The Morgan fingerprint density at radius 3 is 2.69 bits per heavy atom. The lowest BCUT2D eigenvalue weighted by Crippen LogP contribution is -2.64. The minimum Gasteiger partial charge on any atom is -0.496 e. The van der Waals surface area contributed by atoms with E-state index in [1.165, 1.54) is 25.3 Å². The first-order valence-electron chi connectivity index (χ1n) is 13.4. The molecular formula is C29H30F3N7O3. The molecule has 42 heavy (non-hydrogen) atoms. The Morgan fingerprint density at radius 2 is 2.00 bits per heavy atom. The van der Waals surface area contributed by atoms with Crippen molar-refractivity contribution in [3.8, 4) is 5.75 Å². The molecule has 10 nitrogen and oxygen atoms in total. The number of hydrogen-bond acceptors (Lipinski definition) is 7. The average molecular weight is 582 g/mol. The van der Waals surface area contributed by atoms with Crippen molar-refractivity contribution in [1.29, 1.82) is 10.8 Å². The van der Waals surface area contributed by atoms with Gasteiger partial charge in [-0.05, 0) is 49.2 Å². The molecule has 0 unspecified atom stereocenters. The molecule has 2 aliphatic rings. The van der Waals surface area contributed by atoms with Crippen LogP contribution in [0.15, 0.2) is 42.5 Å². The van der Waals surface area contributed by atoms with Crippen molar-refractivity contribution in [2.75, 3.05) is 26.7 Å². The largest absolute Gasteiger partial charge is 0.496 e. The number of rotatable bonds is 9. The standard InChI is InChI=1S/C29H30F3N7O3/c1-42-25-4-2-3-22(30)21(25)14-38-13-19(6-8-24(38)28(41)39-15-29(31,32)16-39)35-27(40)17-5-7-23-20(11-17)26(37-36-23)18(12-34)9-10-33/h2-5,7,9-12,19,24,33-34H,6,8,13-16H2,1H3,(H,35,40)(H,36,37)/b18-9+,33-10?,34-12?/t19-,24+/m1/s1. The SMILES string of the molecule is COc1cccc(F)c1CN1C[C@H](NC(=O)c2ccc3[nH]nc(/C(C=N)=C/C=N)c3c2)CC[C@H]1C(=O)N1CC(F)(F)C1. The molecule has 3 heterocycles. The molecule has 5 rings (SSSR count). The fourth-order valence-electron chi connectivity index (χ4n) is 5.51. The predicted octanol–water partition coefficient (Wildman–Crippen LogP) is 3.63. The van der Waals surface area contributed by atoms with Gasteiger partial charge in [-0.15, -0.1) is 0 Å². The van der Waals surface area contributed by atoms with E-state index < -0.39 is 42.8 Å². The van der Waals surface area contributed by atoms with E-state index in [1.54, 1.807) is 29.2 Å². The van der Waals surface area contributed by atoms with Crippen molar-refractivity contribution >= 4 is 40.7 Å². The zero-order valence-corrected chi connectivity index (χ0v) is 22.8. The number of benzene rings is 2. The van der Waals surface area contributed by atoms with Gasteiger partial charge in [-0.1, -0.05) is 6.07 Å². The first-order chi connectivity index (χ1) is 20.1. The van der Waals surface area contributed by atoms with Gasteiger partial charge in [0.1, 0.15) is 17.3 Å². The number of piperidine rings is 1. The van der Waals surface area contributed by atoms with Gasteiger partial charge in [-0.25, -0.2) is 13.2 Å². The number of halogens is 3. The molecule has 0 bridgehead atoms. The smallest absolute Gasteiger partial charge is 0.282 e. The molecule has 0 radical (unpaired) electrons. The molecule has 220 valence electrons. The highest BCUT2D eigenvalue weighted by Gasteiger charge is 2.49. The lowest BCUT2D eigenvalue weighted by atomic mass is 9.94. The van der Waals surface area contributed by atoms with E-state index in [9.17, 15) is 22.8 Å². The highest BCUT2D eigenvalue weighted by atomic mass is 19.3. The number of methoxy groups -OCH3 is 1. The zero-order valence-electron chi connectivity index (χ0n) is 22.8. The maximum atomic E-state index is 14.8. The van der Waals surface area contributed by atoms with E-state index in [0.29, 0.717) is 39.9 Å². The molecule has 2 saturated heterocycles. The third-order valence-corrected chi connectivity index (χ3v) is 7.63. The summed E-state index contributed by atoms with van der Waals surface area (Å²) in [6.45, 7) is -1.12. The summed E-state index contributed by atoms with van der Waals surface area (Å²) in [5.41, 5.74) is 2.05. The summed E-state index contributed by atoms with van der Waals surface area (Å²) >= 11 is 0. The number of allylic oxidation sites excluding steroid dienone is 2. The quantitative estimate of drug-likeness (QED) is 0.286. The molecule has 0 spiro atoms. The van der Waals surface area contributed by atoms with Crippen molar-refractivity contribution in [3.63, 3.8) is 0 Å². The number of H-pyrrole nitrogens is 1. The van der Waals surface area contributed by atoms with Gasteiger partial charge in [0.05, 0.1) is 31.8 Å². The van der Waals surface area contributed by atoms with Crippen molar-refractivity contribution in [3.05, 3.63) is 65.1 Å². The van der Waals surface area contributed by atoms with Crippen LogP contribution in [-0.4, -0.2) is 89.0 Å². The van der Waals surface area contributed by atoms with Crippen LogP contribution in [0.3, 0.4) is 0 Å². The van der Waals surface area contributed by atoms with Crippen molar-refractivity contribution in [2.24, 2.45) is 0 Å². The Balaban J connectivity index is 1.36. The molecule has 2 aromatic carbocycles. The van der Waals surface area contributed by atoms with Crippen LogP contribution in [0.1, 0.15) is 34.5 Å². The van der Waals surface area contributed by atoms with Gasteiger partial charge in [0.2, 0.25) is 5.91 Å². The summed E-state index contributed by atoms with van der Waals surface area (Å²) in [6.07, 6.45) is 4.25. The maximum Gasteiger partial charge on any atom is 0.282 e. The highest BCUT2D eigenvalue weighted by Crippen LogP contribution is 2.32. The monoisotopic (exact) mass is 581 g/mol. The fourth-order valence-corrected chi connectivity index (χ4v) is 5.51. The van der Waals surface area contributed by atoms with Gasteiger partial charge >= 0.3 is 0 Å². The van der Waals surface area contributed by atoms with E-state index in [0.717, 1.165) is 17.3 Å². The molecule has 0 saturated carbocycles. The second kappa shape index (κ2) is 11.8. The van der Waals surface area contributed by atoms with Crippen LogP contribution < -0.4 is 10.1 Å². The van der Waals surface area contributed by atoms with Crippen LogP contribution in [0.2, 0.25) is 0 Å². The predicted molar refractivity (Wildman–Crippen MR) is 151 cm³/mol. The minimum atomic E-state index is -2.91. The number of alkyl halides is 2. The number of ether oxygens (including phenoxy) is 1. The number of carbonyl (C=O) groups is 2. The summed E-state index contributed by atoms with van der Waals surface area (Å²) in [7, 11) is 1.41. The normalized spacial score (nSPS) is 20.6. The Bertz CT molecular complexity index is 1560. The second-order valence-corrected chi connectivity index (χ2v) is 10.4. The van der Waals surface area contributed by atoms with Gasteiger partial charge in [0, 0.05) is 53.6 Å². The van der Waals surface area contributed by atoms with Crippen molar-refractivity contribution < 1.29 is 27.5 Å². The van der Waals surface area contributed by atoms with Crippen LogP contribution in [0.5, 0.6) is 5.75 Å². The average Bonchev–Trinajstić information content (AvgIpc) is 3.38. The van der Waals surface area contributed by atoms with Crippen LogP contribution in [0.4, 0.5) is 13.2 Å². The summed E-state index contributed by atoms with van der Waals surface area (Å²) in [5.74, 6) is -3.96. The lowest BCUT2D eigenvalue weighted by molar-refractivity contribution is -0.172. The summed E-state index contributed by atoms with van der Waals surface area (Å²) in [4.78, 5) is 29.4. The maximum absolute atomic E-state index is 14.8. The van der Waals surface area contributed by atoms with Gasteiger partial charge in [0.15, 0.2) is 0 Å². The Labute approximate surface area is 239 Å². The van der Waals surface area contributed by atoms with E-state index in [-0.39, 0.29) is 31.0 Å². The summed E-state index contributed by atoms with van der Waals surface area (Å²) in [5, 5.41) is 25.6. The number of nitrogens with one attached hydrogen (secondary N) is 4. The molecule has 0 aliphatic carbocycles. The highest BCUT2D eigenvalue weighted by molar-refractivity contribution is 6.16. The van der Waals surface area contributed by atoms with Crippen molar-refractivity contribution in [1.82, 2.24) is 25.3 Å². The topological polar surface area (TPSA) is 138 Å². The van der Waals surface area contributed by atoms with E-state index >= 15 is 0 Å². The number of likely N-dealkylation sites (tertiary alicyclic amines) is 2. The number of amides is 2. The van der Waals surface area contributed by atoms with Gasteiger partial charge in [-0.2, -0.15) is 5.10 Å². The Hall–Kier alpha value is -4.52. The fraction of sp³-hybridized carbons (Fsp3) is 0.345. The molecule has 2 fully saturated rings. The van der Waals surface area contributed by atoms with Crippen LogP contribution >= 0.6 is 0 Å². The van der Waals surface area contributed by atoms with E-state index in [4.69, 9.17) is 15.6 Å². The third kappa shape index (κ3) is 5.77. The second-order valence-electron chi connectivity index (χ2n) is 10.4. The van der Waals surface area contributed by atoms with Crippen LogP contribution in [-0.2, 0) is 11.3 Å². The first-order valence-corrected chi connectivity index (χ1v) is 13.4. The number of carbonyl (C=O) groups excluding carboxylic acids is 2. The molecule has 4 N–H and O–H groups in total. The number of fused-ring (bicyclic) bond motifs is 1. The minimum absolute atomic E-state index is 0.0149. The van der Waals surface area contributed by atoms with Gasteiger partial charge in [0.25, 0.3) is 11.8 Å². The number of aromatic amines is 1. The van der Waals surface area contributed by atoms with Crippen LogP contribution in [0.25, 0.3) is 16.5 Å². The summed E-state index contributed by atoms with van der Waals surface area (Å²) < 4.78 is 47.2. The molecule has 13 heteroatoms. The van der Waals surface area contributed by atoms with E-state index in [1.807, 2.05) is 0 Å².